The van der Waals surface area contributed by atoms with E-state index in [1.807, 2.05) is 0 Å². The van der Waals surface area contributed by atoms with Crippen LogP contribution in [0.25, 0.3) is 11.0 Å². The van der Waals surface area contributed by atoms with Crippen LogP contribution in [0.2, 0.25) is 0 Å². The third-order valence-corrected chi connectivity index (χ3v) is 2.60. The first-order valence-electron chi connectivity index (χ1n) is 5.02. The average molecular weight is 244 g/mol. The van der Waals surface area contributed by atoms with Gasteiger partial charge in [-0.3, -0.25) is 0 Å². The SMILES string of the molecule is Cn1cnc2cc(CC(O)C(F)(F)F)ccc21. The predicted octanol–water partition coefficient (Wildman–Crippen LogP) is 2.04. The molecule has 17 heavy (non-hydrogen) atoms. The van der Waals surface area contributed by atoms with Crippen molar-refractivity contribution in [3.05, 3.63) is 30.1 Å². The number of aryl methyl sites for hydroxylation is 1. The zero-order valence-corrected chi connectivity index (χ0v) is 9.07. The van der Waals surface area contributed by atoms with E-state index in [0.29, 0.717) is 11.1 Å². The number of rotatable bonds is 2. The van der Waals surface area contributed by atoms with E-state index in [1.165, 1.54) is 0 Å². The molecule has 2 rings (SSSR count). The van der Waals surface area contributed by atoms with Crippen molar-refractivity contribution in [2.45, 2.75) is 18.7 Å². The Hall–Kier alpha value is -1.56. The van der Waals surface area contributed by atoms with Crippen LogP contribution >= 0.6 is 0 Å². The van der Waals surface area contributed by atoms with Crippen molar-refractivity contribution < 1.29 is 18.3 Å². The van der Waals surface area contributed by atoms with Crippen LogP contribution in [0.3, 0.4) is 0 Å². The van der Waals surface area contributed by atoms with E-state index in [-0.39, 0.29) is 0 Å². The van der Waals surface area contributed by atoms with Gasteiger partial charge in [-0.15, -0.1) is 0 Å². The predicted molar refractivity (Wildman–Crippen MR) is 56.5 cm³/mol. The van der Waals surface area contributed by atoms with Crippen molar-refractivity contribution in [1.29, 1.82) is 0 Å². The number of aromatic nitrogens is 2. The standard InChI is InChI=1S/C11H11F3N2O/c1-16-6-15-8-4-7(2-3-9(8)16)5-10(17)11(12,13)14/h2-4,6,10,17H,5H2,1H3. The summed E-state index contributed by atoms with van der Waals surface area (Å²) in [5.41, 5.74) is 1.88. The summed E-state index contributed by atoms with van der Waals surface area (Å²) >= 11 is 0. The molecule has 6 heteroatoms. The van der Waals surface area contributed by atoms with Gasteiger partial charge in [-0.25, -0.2) is 4.98 Å². The van der Waals surface area contributed by atoms with E-state index in [0.717, 1.165) is 5.52 Å². The Balaban J connectivity index is 2.25. The van der Waals surface area contributed by atoms with Gasteiger partial charge in [0, 0.05) is 13.5 Å². The highest BCUT2D eigenvalue weighted by Gasteiger charge is 2.37. The van der Waals surface area contributed by atoms with Gasteiger partial charge in [0.25, 0.3) is 0 Å². The molecule has 3 nitrogen and oxygen atoms in total. The second kappa shape index (κ2) is 4.03. The summed E-state index contributed by atoms with van der Waals surface area (Å²) in [5, 5.41) is 8.97. The van der Waals surface area contributed by atoms with Crippen molar-refractivity contribution >= 4 is 11.0 Å². The fraction of sp³-hybridized carbons (Fsp3) is 0.364. The zero-order chi connectivity index (χ0) is 12.6. The van der Waals surface area contributed by atoms with Crippen LogP contribution in [0.1, 0.15) is 5.56 Å². The summed E-state index contributed by atoms with van der Waals surface area (Å²) in [7, 11) is 1.81. The Labute approximate surface area is 95.5 Å². The fourth-order valence-corrected chi connectivity index (χ4v) is 1.65. The first-order chi connectivity index (χ1) is 7.88. The number of halogens is 3. The third-order valence-electron chi connectivity index (χ3n) is 2.60. The number of alkyl halides is 3. The van der Waals surface area contributed by atoms with Crippen LogP contribution in [0.5, 0.6) is 0 Å². The lowest BCUT2D eigenvalue weighted by Gasteiger charge is -2.14. The highest BCUT2D eigenvalue weighted by molar-refractivity contribution is 5.75. The molecule has 92 valence electrons. The summed E-state index contributed by atoms with van der Waals surface area (Å²) < 4.78 is 38.3. The van der Waals surface area contributed by atoms with Gasteiger partial charge in [-0.1, -0.05) is 6.07 Å². The van der Waals surface area contributed by atoms with Gasteiger partial charge in [0.1, 0.15) is 0 Å². The van der Waals surface area contributed by atoms with Gasteiger partial charge >= 0.3 is 6.18 Å². The van der Waals surface area contributed by atoms with Gasteiger partial charge in [0.15, 0.2) is 6.10 Å². The summed E-state index contributed by atoms with van der Waals surface area (Å²) in [5.74, 6) is 0. The lowest BCUT2D eigenvalue weighted by Crippen LogP contribution is -2.30. The van der Waals surface area contributed by atoms with Gasteiger partial charge in [-0.2, -0.15) is 13.2 Å². The molecule has 1 atom stereocenters. The number of hydrogen-bond acceptors (Lipinski definition) is 2. The van der Waals surface area contributed by atoms with Crippen LogP contribution in [-0.2, 0) is 13.5 Å². The van der Waals surface area contributed by atoms with Gasteiger partial charge < -0.3 is 9.67 Å². The van der Waals surface area contributed by atoms with Crippen LogP contribution < -0.4 is 0 Å². The minimum Gasteiger partial charge on any atom is -0.383 e. The van der Waals surface area contributed by atoms with E-state index in [4.69, 9.17) is 5.11 Å². The molecule has 1 heterocycles. The Morgan fingerprint density at radius 3 is 2.76 bits per heavy atom. The lowest BCUT2D eigenvalue weighted by molar-refractivity contribution is -0.203. The summed E-state index contributed by atoms with van der Waals surface area (Å²) in [6.45, 7) is 0. The molecule has 1 N–H and O–H groups in total. The van der Waals surface area contributed by atoms with Crippen LogP contribution in [-0.4, -0.2) is 26.9 Å². The Morgan fingerprint density at radius 2 is 2.12 bits per heavy atom. The lowest BCUT2D eigenvalue weighted by atomic mass is 10.1. The molecule has 1 unspecified atom stereocenters. The number of benzene rings is 1. The number of aliphatic hydroxyl groups is 1. The molecule has 0 radical (unpaired) electrons. The molecule has 0 spiro atoms. The van der Waals surface area contributed by atoms with E-state index < -0.39 is 18.7 Å². The highest BCUT2D eigenvalue weighted by Crippen LogP contribution is 2.24. The van der Waals surface area contributed by atoms with Gasteiger partial charge in [0.2, 0.25) is 0 Å². The molecular weight excluding hydrogens is 233 g/mol. The van der Waals surface area contributed by atoms with E-state index in [1.54, 1.807) is 36.1 Å². The average Bonchev–Trinajstić information content (AvgIpc) is 2.59. The molecule has 0 saturated carbocycles. The molecule has 1 aromatic carbocycles. The maximum absolute atomic E-state index is 12.2. The smallest absolute Gasteiger partial charge is 0.383 e. The first-order valence-corrected chi connectivity index (χ1v) is 5.02. The molecule has 1 aromatic heterocycles. The third kappa shape index (κ3) is 2.41. The fourth-order valence-electron chi connectivity index (χ4n) is 1.65. The summed E-state index contributed by atoms with van der Waals surface area (Å²) in [6.07, 6.45) is -5.77. The van der Waals surface area contributed by atoms with Crippen LogP contribution in [0, 0.1) is 0 Å². The van der Waals surface area contributed by atoms with Crippen molar-refractivity contribution in [2.75, 3.05) is 0 Å². The minimum atomic E-state index is -4.58. The van der Waals surface area contributed by atoms with E-state index in [2.05, 4.69) is 4.98 Å². The molecule has 0 fully saturated rings. The summed E-state index contributed by atoms with van der Waals surface area (Å²) in [6, 6.07) is 4.82. The largest absolute Gasteiger partial charge is 0.414 e. The molecule has 0 saturated heterocycles. The number of imidazole rings is 1. The quantitative estimate of drug-likeness (QED) is 0.877. The van der Waals surface area contributed by atoms with E-state index >= 15 is 0 Å². The van der Waals surface area contributed by atoms with Crippen molar-refractivity contribution in [3.8, 4) is 0 Å². The van der Waals surface area contributed by atoms with Crippen molar-refractivity contribution in [2.24, 2.45) is 7.05 Å². The molecule has 0 bridgehead atoms. The normalized spacial score (nSPS) is 14.2. The van der Waals surface area contributed by atoms with Gasteiger partial charge in [0.05, 0.1) is 17.4 Å². The molecule has 2 aromatic rings. The Morgan fingerprint density at radius 1 is 1.41 bits per heavy atom. The van der Waals surface area contributed by atoms with Crippen molar-refractivity contribution in [1.82, 2.24) is 9.55 Å². The monoisotopic (exact) mass is 244 g/mol. The highest BCUT2D eigenvalue weighted by atomic mass is 19.4. The second-order valence-electron chi connectivity index (χ2n) is 3.94. The maximum Gasteiger partial charge on any atom is 0.414 e. The number of aliphatic hydroxyl groups excluding tert-OH is 1. The topological polar surface area (TPSA) is 38.0 Å². The Kier molecular flexibility index (Phi) is 2.82. The molecule has 0 aliphatic heterocycles. The first kappa shape index (κ1) is 11.9. The zero-order valence-electron chi connectivity index (χ0n) is 9.07. The maximum atomic E-state index is 12.2. The van der Waals surface area contributed by atoms with Gasteiger partial charge in [-0.05, 0) is 17.7 Å². The molecule has 0 aliphatic rings. The summed E-state index contributed by atoms with van der Waals surface area (Å²) in [4.78, 5) is 4.05. The number of hydrogen-bond donors (Lipinski definition) is 1. The molecular formula is C11H11F3N2O. The second-order valence-corrected chi connectivity index (χ2v) is 3.94. The minimum absolute atomic E-state index is 0.418. The van der Waals surface area contributed by atoms with E-state index in [9.17, 15) is 13.2 Å². The van der Waals surface area contributed by atoms with Crippen LogP contribution in [0.15, 0.2) is 24.5 Å². The molecule has 0 amide bonds. The Bertz CT molecular complexity index is 533. The molecule has 0 aliphatic carbocycles. The van der Waals surface area contributed by atoms with Crippen molar-refractivity contribution in [3.63, 3.8) is 0 Å². The number of nitrogens with zero attached hydrogens (tertiary/aromatic N) is 2. The number of fused-ring (bicyclic) bond motifs is 1. The van der Waals surface area contributed by atoms with Crippen LogP contribution in [0.4, 0.5) is 13.2 Å².